The Bertz CT molecular complexity index is 192. The predicted molar refractivity (Wildman–Crippen MR) is 61.5 cm³/mol. The molecule has 17 heavy (non-hydrogen) atoms. The van der Waals surface area contributed by atoms with Gasteiger partial charge < -0.3 is 20.1 Å². The van der Waals surface area contributed by atoms with Crippen molar-refractivity contribution in [1.29, 1.82) is 0 Å². The normalized spacial score (nSPS) is 16.1. The Morgan fingerprint density at radius 1 is 1.41 bits per heavy atom. The van der Waals surface area contributed by atoms with Crippen LogP contribution >= 0.6 is 0 Å². The second kappa shape index (κ2) is 12.9. The van der Waals surface area contributed by atoms with Crippen LogP contribution < -0.4 is 0 Å². The summed E-state index contributed by atoms with van der Waals surface area (Å²) in [5, 5.41) is 23.3. The van der Waals surface area contributed by atoms with E-state index in [4.69, 9.17) is 20.1 Å². The van der Waals surface area contributed by atoms with E-state index in [0.717, 1.165) is 19.3 Å². The number of carbonyl (C=O) groups is 2. The zero-order chi connectivity index (χ0) is 13.7. The molecule has 1 aliphatic rings. The Balaban J connectivity index is 0. The number of aliphatic hydroxyl groups is 2. The third kappa shape index (κ3) is 17.5. The Morgan fingerprint density at radius 3 is 2.29 bits per heavy atom. The molecule has 1 saturated heterocycles. The molecule has 102 valence electrons. The number of carboxylic acids is 1. The maximum Gasteiger partial charge on any atom is 0.332 e. The van der Waals surface area contributed by atoms with Gasteiger partial charge in [0.15, 0.2) is 0 Å². The van der Waals surface area contributed by atoms with Gasteiger partial charge in [0, 0.05) is 13.0 Å². The number of esters is 1. The molecular weight excluding hydrogens is 228 g/mol. The van der Waals surface area contributed by atoms with E-state index in [-0.39, 0.29) is 12.6 Å². The minimum Gasteiger partial charge on any atom is -0.479 e. The standard InChI is InChI=1S/C6H10O2.C3H6O3.C2H6O/c7-6-4-2-1-3-5-8-6;1-2(4)3(5)6;1-2-3/h1-5H2;2,4H,1H3,(H,5,6);3H,2H2,1H3. The minimum atomic E-state index is -1.23. The van der Waals surface area contributed by atoms with E-state index in [2.05, 4.69) is 0 Å². The van der Waals surface area contributed by atoms with Gasteiger partial charge in [-0.05, 0) is 33.1 Å². The van der Waals surface area contributed by atoms with Gasteiger partial charge in [-0.25, -0.2) is 4.79 Å². The molecule has 0 saturated carbocycles. The lowest BCUT2D eigenvalue weighted by Gasteiger charge is -1.93. The maximum atomic E-state index is 10.5. The van der Waals surface area contributed by atoms with E-state index in [1.54, 1.807) is 6.92 Å². The van der Waals surface area contributed by atoms with Crippen molar-refractivity contribution in [1.82, 2.24) is 0 Å². The van der Waals surface area contributed by atoms with Crippen molar-refractivity contribution in [3.05, 3.63) is 0 Å². The van der Waals surface area contributed by atoms with E-state index < -0.39 is 12.1 Å². The molecule has 6 heteroatoms. The Hall–Kier alpha value is -1.14. The number of aliphatic hydroxyl groups excluding tert-OH is 2. The highest BCUT2D eigenvalue weighted by Gasteiger charge is 2.05. The number of cyclic esters (lactones) is 1. The summed E-state index contributed by atoms with van der Waals surface area (Å²) in [6.07, 6.45) is 2.60. The summed E-state index contributed by atoms with van der Waals surface area (Å²) < 4.78 is 4.76. The summed E-state index contributed by atoms with van der Waals surface area (Å²) in [5.41, 5.74) is 0. The number of rotatable bonds is 1. The molecule has 1 heterocycles. The molecule has 6 nitrogen and oxygen atoms in total. The molecule has 0 spiro atoms. The zero-order valence-electron chi connectivity index (χ0n) is 10.4. The highest BCUT2D eigenvalue weighted by atomic mass is 16.5. The smallest absolute Gasteiger partial charge is 0.332 e. The summed E-state index contributed by atoms with van der Waals surface area (Å²) in [6, 6.07) is 0. The molecule has 0 aromatic heterocycles. The van der Waals surface area contributed by atoms with Crippen molar-refractivity contribution in [3.8, 4) is 0 Å². The maximum absolute atomic E-state index is 10.5. The van der Waals surface area contributed by atoms with E-state index in [9.17, 15) is 9.59 Å². The molecule has 1 fully saturated rings. The van der Waals surface area contributed by atoms with Gasteiger partial charge in [-0.2, -0.15) is 0 Å². The van der Waals surface area contributed by atoms with Crippen LogP contribution in [0.15, 0.2) is 0 Å². The van der Waals surface area contributed by atoms with Crippen LogP contribution in [0.4, 0.5) is 0 Å². The van der Waals surface area contributed by atoms with E-state index in [0.29, 0.717) is 13.0 Å². The summed E-state index contributed by atoms with van der Waals surface area (Å²) in [4.78, 5) is 19.9. The van der Waals surface area contributed by atoms with Crippen molar-refractivity contribution in [2.45, 2.75) is 45.6 Å². The van der Waals surface area contributed by atoms with Gasteiger partial charge in [0.05, 0.1) is 6.61 Å². The molecule has 3 N–H and O–H groups in total. The zero-order valence-corrected chi connectivity index (χ0v) is 10.4. The molecular formula is C11H22O6. The third-order valence-electron chi connectivity index (χ3n) is 1.65. The quantitative estimate of drug-likeness (QED) is 0.587. The molecule has 0 bridgehead atoms. The van der Waals surface area contributed by atoms with E-state index >= 15 is 0 Å². The first-order valence-electron chi connectivity index (χ1n) is 5.63. The molecule has 0 aromatic carbocycles. The first-order chi connectivity index (χ1) is 7.95. The van der Waals surface area contributed by atoms with E-state index in [1.165, 1.54) is 6.92 Å². The molecule has 1 unspecified atom stereocenters. The fourth-order valence-corrected chi connectivity index (χ4v) is 0.806. The van der Waals surface area contributed by atoms with Gasteiger partial charge in [-0.1, -0.05) is 0 Å². The predicted octanol–water partition coefficient (Wildman–Crippen LogP) is 0.554. The SMILES string of the molecule is CC(O)C(=O)O.CCO.O=C1CCCCCO1. The highest BCUT2D eigenvalue weighted by molar-refractivity contribution is 5.71. The topological polar surface area (TPSA) is 104 Å². The lowest BCUT2D eigenvalue weighted by Crippen LogP contribution is -2.13. The Morgan fingerprint density at radius 2 is 1.88 bits per heavy atom. The molecule has 1 atom stereocenters. The van der Waals surface area contributed by atoms with Crippen LogP contribution in [-0.4, -0.2) is 46.6 Å². The summed E-state index contributed by atoms with van der Waals surface area (Å²) in [5.74, 6) is -1.21. The molecule has 0 radical (unpaired) electrons. The van der Waals surface area contributed by atoms with Crippen LogP contribution in [0.3, 0.4) is 0 Å². The monoisotopic (exact) mass is 250 g/mol. The molecule has 1 rings (SSSR count). The average Bonchev–Trinajstić information content (AvgIpc) is 2.47. The van der Waals surface area contributed by atoms with Crippen LogP contribution in [0.5, 0.6) is 0 Å². The summed E-state index contributed by atoms with van der Waals surface area (Å²) in [7, 11) is 0. The van der Waals surface area contributed by atoms with Gasteiger partial charge in [-0.15, -0.1) is 0 Å². The van der Waals surface area contributed by atoms with Gasteiger partial charge >= 0.3 is 11.9 Å². The number of hydrogen-bond acceptors (Lipinski definition) is 5. The fourth-order valence-electron chi connectivity index (χ4n) is 0.806. The number of carbonyl (C=O) groups excluding carboxylic acids is 1. The minimum absolute atomic E-state index is 0.0255. The van der Waals surface area contributed by atoms with Crippen LogP contribution in [0.1, 0.15) is 39.5 Å². The van der Waals surface area contributed by atoms with Crippen molar-refractivity contribution in [2.75, 3.05) is 13.2 Å². The van der Waals surface area contributed by atoms with Crippen LogP contribution in [0.2, 0.25) is 0 Å². The Labute approximate surface area is 101 Å². The lowest BCUT2D eigenvalue weighted by molar-refractivity contribution is -0.145. The third-order valence-corrected chi connectivity index (χ3v) is 1.65. The largest absolute Gasteiger partial charge is 0.479 e. The highest BCUT2D eigenvalue weighted by Crippen LogP contribution is 2.06. The molecule has 0 aromatic rings. The van der Waals surface area contributed by atoms with Crippen LogP contribution in [0.25, 0.3) is 0 Å². The van der Waals surface area contributed by atoms with Crippen molar-refractivity contribution in [2.24, 2.45) is 0 Å². The average molecular weight is 250 g/mol. The summed E-state index contributed by atoms with van der Waals surface area (Å²) >= 11 is 0. The Kier molecular flexibility index (Phi) is 13.9. The van der Waals surface area contributed by atoms with Gasteiger partial charge in [0.1, 0.15) is 6.10 Å². The number of hydrogen-bond donors (Lipinski definition) is 3. The first-order valence-corrected chi connectivity index (χ1v) is 5.63. The van der Waals surface area contributed by atoms with Crippen molar-refractivity contribution < 1.29 is 29.6 Å². The summed E-state index contributed by atoms with van der Waals surface area (Å²) in [6.45, 7) is 3.77. The van der Waals surface area contributed by atoms with E-state index in [1.807, 2.05) is 0 Å². The molecule has 1 aliphatic heterocycles. The second-order valence-corrected chi connectivity index (χ2v) is 3.36. The van der Waals surface area contributed by atoms with Crippen LogP contribution in [-0.2, 0) is 14.3 Å². The van der Waals surface area contributed by atoms with Gasteiger partial charge in [0.25, 0.3) is 0 Å². The van der Waals surface area contributed by atoms with Gasteiger partial charge in [0.2, 0.25) is 0 Å². The van der Waals surface area contributed by atoms with Gasteiger partial charge in [-0.3, -0.25) is 4.79 Å². The van der Waals surface area contributed by atoms with Crippen molar-refractivity contribution in [3.63, 3.8) is 0 Å². The number of aliphatic carboxylic acids is 1. The van der Waals surface area contributed by atoms with Crippen molar-refractivity contribution >= 4 is 11.9 Å². The molecule has 0 aliphatic carbocycles. The second-order valence-electron chi connectivity index (χ2n) is 3.36. The lowest BCUT2D eigenvalue weighted by atomic mass is 10.2. The fraction of sp³-hybridized carbons (Fsp3) is 0.818. The first kappa shape index (κ1) is 18.2. The number of carboxylic acid groups (broad SMARTS) is 1. The number of ether oxygens (including phenoxy) is 1. The molecule has 0 amide bonds. The van der Waals surface area contributed by atoms with Crippen LogP contribution in [0, 0.1) is 0 Å².